The van der Waals surface area contributed by atoms with Crippen LogP contribution in [-0.2, 0) is 10.8 Å². The summed E-state index contributed by atoms with van der Waals surface area (Å²) in [6, 6.07) is 27.3. The highest BCUT2D eigenvalue weighted by atomic mass is 35.5. The molecule has 1 aliphatic heterocycles. The van der Waals surface area contributed by atoms with Gasteiger partial charge in [0.25, 0.3) is 0 Å². The third-order valence-corrected chi connectivity index (χ3v) is 7.11. The van der Waals surface area contributed by atoms with E-state index in [9.17, 15) is 9.00 Å². The van der Waals surface area contributed by atoms with Crippen molar-refractivity contribution in [2.24, 2.45) is 0 Å². The SMILES string of the molecule is CS(=O)CCN1CC(c2cccc(Oc3ccccn3)c2)N(c2ccc(Oc3ccc(Cl)cc3)cc2)C1=O. The fraction of sp³-hybridized carbons (Fsp3) is 0.172. The van der Waals surface area contributed by atoms with E-state index in [1.165, 1.54) is 0 Å². The van der Waals surface area contributed by atoms with Gasteiger partial charge in [0.2, 0.25) is 5.88 Å². The average Bonchev–Trinajstić information content (AvgIpc) is 3.26. The van der Waals surface area contributed by atoms with Crippen LogP contribution in [0, 0.1) is 0 Å². The molecule has 0 radical (unpaired) electrons. The van der Waals surface area contributed by atoms with Crippen LogP contribution in [0.2, 0.25) is 5.02 Å². The molecule has 1 fully saturated rings. The van der Waals surface area contributed by atoms with E-state index in [1.54, 1.807) is 52.6 Å². The number of rotatable bonds is 9. The molecule has 2 heterocycles. The number of amides is 2. The van der Waals surface area contributed by atoms with E-state index in [4.69, 9.17) is 21.1 Å². The number of hydrogen-bond donors (Lipinski definition) is 0. The fourth-order valence-corrected chi connectivity index (χ4v) is 4.86. The molecule has 38 heavy (non-hydrogen) atoms. The standard InChI is InChI=1S/C29H26ClN3O4S/c1-38(35)18-17-32-20-27(21-5-4-6-26(19-21)37-28-7-2-3-16-31-28)33(29(32)34)23-10-14-25(15-11-23)36-24-12-8-22(30)9-13-24/h2-16,19,27H,17-18,20H2,1H3. The topological polar surface area (TPSA) is 72.0 Å². The molecule has 1 aliphatic rings. The van der Waals surface area contributed by atoms with Crippen molar-refractivity contribution in [2.45, 2.75) is 6.04 Å². The molecule has 0 aliphatic carbocycles. The van der Waals surface area contributed by atoms with Gasteiger partial charge >= 0.3 is 6.03 Å². The summed E-state index contributed by atoms with van der Waals surface area (Å²) in [5, 5.41) is 0.636. The van der Waals surface area contributed by atoms with E-state index >= 15 is 0 Å². The Hall–Kier alpha value is -3.88. The summed E-state index contributed by atoms with van der Waals surface area (Å²) >= 11 is 5.96. The summed E-state index contributed by atoms with van der Waals surface area (Å²) < 4.78 is 23.6. The highest BCUT2D eigenvalue weighted by Crippen LogP contribution is 2.37. The van der Waals surface area contributed by atoms with Crippen molar-refractivity contribution in [1.82, 2.24) is 9.88 Å². The second-order valence-electron chi connectivity index (χ2n) is 8.78. The molecule has 9 heteroatoms. The maximum absolute atomic E-state index is 13.6. The van der Waals surface area contributed by atoms with Crippen molar-refractivity contribution in [1.29, 1.82) is 0 Å². The minimum absolute atomic E-state index is 0.136. The number of anilines is 1. The summed E-state index contributed by atoms with van der Waals surface area (Å²) in [6.45, 7) is 0.878. The van der Waals surface area contributed by atoms with Crippen molar-refractivity contribution in [3.63, 3.8) is 0 Å². The summed E-state index contributed by atoms with van der Waals surface area (Å²) in [7, 11) is -1.00. The molecule has 0 bridgehead atoms. The lowest BCUT2D eigenvalue weighted by atomic mass is 10.1. The number of halogens is 1. The predicted octanol–water partition coefficient (Wildman–Crippen LogP) is 6.68. The molecule has 0 saturated carbocycles. The lowest BCUT2D eigenvalue weighted by molar-refractivity contribution is 0.223. The first-order valence-corrected chi connectivity index (χ1v) is 14.2. The van der Waals surface area contributed by atoms with Gasteiger partial charge in [-0.15, -0.1) is 0 Å². The normalized spacial score (nSPS) is 15.9. The maximum Gasteiger partial charge on any atom is 0.325 e. The minimum atomic E-state index is -1.00. The molecular formula is C29H26ClN3O4S. The molecular weight excluding hydrogens is 522 g/mol. The number of aromatic nitrogens is 1. The Kier molecular flexibility index (Phi) is 7.91. The first-order valence-electron chi connectivity index (χ1n) is 12.1. The first kappa shape index (κ1) is 25.8. The molecule has 4 aromatic rings. The monoisotopic (exact) mass is 547 g/mol. The van der Waals surface area contributed by atoms with Crippen LogP contribution in [0.15, 0.2) is 97.2 Å². The second kappa shape index (κ2) is 11.7. The van der Waals surface area contributed by atoms with Crippen LogP contribution >= 0.6 is 11.6 Å². The zero-order valence-corrected chi connectivity index (χ0v) is 22.3. The lowest BCUT2D eigenvalue weighted by Crippen LogP contribution is -2.34. The van der Waals surface area contributed by atoms with Gasteiger partial charge in [-0.2, -0.15) is 0 Å². The number of ether oxygens (including phenoxy) is 2. The Morgan fingerprint density at radius 1 is 0.921 bits per heavy atom. The van der Waals surface area contributed by atoms with Crippen LogP contribution in [0.25, 0.3) is 0 Å². The summed E-state index contributed by atoms with van der Waals surface area (Å²) in [6.07, 6.45) is 3.32. The van der Waals surface area contributed by atoms with Crippen molar-refractivity contribution >= 4 is 34.1 Å². The number of carbonyl (C=O) groups is 1. The van der Waals surface area contributed by atoms with Gasteiger partial charge in [-0.1, -0.05) is 29.8 Å². The predicted molar refractivity (Wildman–Crippen MR) is 150 cm³/mol. The van der Waals surface area contributed by atoms with E-state index in [2.05, 4.69) is 4.98 Å². The second-order valence-corrected chi connectivity index (χ2v) is 10.8. The van der Waals surface area contributed by atoms with Crippen molar-refractivity contribution in [2.75, 3.05) is 30.0 Å². The third kappa shape index (κ3) is 6.15. The molecule has 2 atom stereocenters. The Morgan fingerprint density at radius 3 is 2.34 bits per heavy atom. The van der Waals surface area contributed by atoms with Gasteiger partial charge in [0.05, 0.1) is 6.04 Å². The number of carbonyl (C=O) groups excluding carboxylic acids is 1. The van der Waals surface area contributed by atoms with E-state index < -0.39 is 10.8 Å². The Bertz CT molecular complexity index is 1420. The number of benzene rings is 3. The molecule has 7 nitrogen and oxygen atoms in total. The van der Waals surface area contributed by atoms with Gasteiger partial charge in [0, 0.05) is 58.9 Å². The fourth-order valence-electron chi connectivity index (χ4n) is 4.25. The minimum Gasteiger partial charge on any atom is -0.457 e. The smallest absolute Gasteiger partial charge is 0.325 e. The Labute approximate surface area is 229 Å². The number of hydrogen-bond acceptors (Lipinski definition) is 5. The van der Waals surface area contributed by atoms with Crippen LogP contribution in [0.1, 0.15) is 11.6 Å². The van der Waals surface area contributed by atoms with Gasteiger partial charge in [0.1, 0.15) is 17.2 Å². The summed E-state index contributed by atoms with van der Waals surface area (Å²) in [4.78, 5) is 21.3. The summed E-state index contributed by atoms with van der Waals surface area (Å²) in [5.74, 6) is 2.85. The van der Waals surface area contributed by atoms with E-state index in [0.717, 1.165) is 11.3 Å². The van der Waals surface area contributed by atoms with Crippen LogP contribution in [0.4, 0.5) is 10.5 Å². The lowest BCUT2D eigenvalue weighted by Gasteiger charge is -2.24. The van der Waals surface area contributed by atoms with Gasteiger partial charge in [-0.25, -0.2) is 9.78 Å². The average molecular weight is 548 g/mol. The zero-order valence-electron chi connectivity index (χ0n) is 20.7. The van der Waals surface area contributed by atoms with Gasteiger partial charge < -0.3 is 14.4 Å². The molecule has 2 unspecified atom stereocenters. The van der Waals surface area contributed by atoms with Gasteiger partial charge in [-0.3, -0.25) is 9.11 Å². The summed E-state index contributed by atoms with van der Waals surface area (Å²) in [5.41, 5.74) is 1.66. The Morgan fingerprint density at radius 2 is 1.66 bits per heavy atom. The van der Waals surface area contributed by atoms with E-state index in [-0.39, 0.29) is 12.1 Å². The number of nitrogens with zero attached hydrogens (tertiary/aromatic N) is 3. The van der Waals surface area contributed by atoms with Crippen molar-refractivity contribution < 1.29 is 18.5 Å². The Balaban J connectivity index is 1.41. The molecule has 3 aromatic carbocycles. The quantitative estimate of drug-likeness (QED) is 0.234. The van der Waals surface area contributed by atoms with Gasteiger partial charge in [-0.05, 0) is 72.3 Å². The number of pyridine rings is 1. The molecule has 194 valence electrons. The molecule has 1 aromatic heterocycles. The zero-order chi connectivity index (χ0) is 26.5. The third-order valence-electron chi connectivity index (χ3n) is 6.10. The molecule has 0 N–H and O–H groups in total. The van der Waals surface area contributed by atoms with Crippen LogP contribution < -0.4 is 14.4 Å². The van der Waals surface area contributed by atoms with Gasteiger partial charge in [0.15, 0.2) is 0 Å². The number of urea groups is 1. The maximum atomic E-state index is 13.6. The molecule has 0 spiro atoms. The van der Waals surface area contributed by atoms with Crippen LogP contribution in [-0.4, -0.2) is 45.2 Å². The van der Waals surface area contributed by atoms with E-state index in [1.807, 2.05) is 60.7 Å². The van der Waals surface area contributed by atoms with Crippen LogP contribution in [0.5, 0.6) is 23.1 Å². The highest BCUT2D eigenvalue weighted by molar-refractivity contribution is 7.84. The van der Waals surface area contributed by atoms with E-state index in [0.29, 0.717) is 47.0 Å². The van der Waals surface area contributed by atoms with Crippen molar-refractivity contribution in [3.8, 4) is 23.1 Å². The molecule has 1 saturated heterocycles. The van der Waals surface area contributed by atoms with Crippen LogP contribution in [0.3, 0.4) is 0 Å². The molecule has 2 amide bonds. The van der Waals surface area contributed by atoms with Crippen molar-refractivity contribution in [3.05, 3.63) is 108 Å². The highest BCUT2D eigenvalue weighted by Gasteiger charge is 2.39. The first-order chi connectivity index (χ1) is 18.5. The molecule has 5 rings (SSSR count). The largest absolute Gasteiger partial charge is 0.457 e.